The van der Waals surface area contributed by atoms with Crippen LogP contribution >= 0.6 is 23.2 Å². The summed E-state index contributed by atoms with van der Waals surface area (Å²) in [6.45, 7) is 4.22. The van der Waals surface area contributed by atoms with Gasteiger partial charge in [-0.25, -0.2) is 0 Å². The van der Waals surface area contributed by atoms with E-state index in [0.717, 1.165) is 12.0 Å². The Labute approximate surface area is 129 Å². The zero-order valence-corrected chi connectivity index (χ0v) is 13.1. The van der Waals surface area contributed by atoms with Gasteiger partial charge in [0, 0.05) is 10.0 Å². The molecule has 2 rings (SSSR count). The molecule has 20 heavy (non-hydrogen) atoms. The number of aryl methyl sites for hydroxylation is 2. The number of nitrogens with two attached hydrogens (primary N) is 1. The molecule has 0 amide bonds. The van der Waals surface area contributed by atoms with Crippen LogP contribution in [0, 0.1) is 13.8 Å². The van der Waals surface area contributed by atoms with E-state index in [1.807, 2.05) is 12.1 Å². The normalized spacial score (nSPS) is 12.4. The molecule has 0 fully saturated rings. The van der Waals surface area contributed by atoms with Crippen molar-refractivity contribution >= 4 is 23.2 Å². The van der Waals surface area contributed by atoms with E-state index in [1.165, 1.54) is 16.7 Å². The van der Waals surface area contributed by atoms with Crippen molar-refractivity contribution in [1.29, 1.82) is 0 Å². The number of rotatable bonds is 4. The van der Waals surface area contributed by atoms with E-state index < -0.39 is 0 Å². The Morgan fingerprint density at radius 2 is 1.60 bits per heavy atom. The standard InChI is InChI=1S/C16H18Cl2N2/c1-10-4-3-5-11(2)15(10)9-16(20-19)12-6-13(17)8-14(18)7-12/h3-8,16,20H,9,19H2,1-2H3. The molecule has 0 aliphatic rings. The van der Waals surface area contributed by atoms with Gasteiger partial charge in [-0.3, -0.25) is 11.3 Å². The quantitative estimate of drug-likeness (QED) is 0.650. The van der Waals surface area contributed by atoms with E-state index >= 15 is 0 Å². The van der Waals surface area contributed by atoms with Crippen LogP contribution in [0.25, 0.3) is 0 Å². The Hall–Kier alpha value is -1.06. The second kappa shape index (κ2) is 6.59. The van der Waals surface area contributed by atoms with Crippen LogP contribution in [0.4, 0.5) is 0 Å². The molecule has 4 heteroatoms. The summed E-state index contributed by atoms with van der Waals surface area (Å²) in [5.41, 5.74) is 7.67. The van der Waals surface area contributed by atoms with Crippen LogP contribution in [-0.4, -0.2) is 0 Å². The summed E-state index contributed by atoms with van der Waals surface area (Å²) in [4.78, 5) is 0. The maximum Gasteiger partial charge on any atom is 0.0501 e. The molecule has 0 heterocycles. The summed E-state index contributed by atoms with van der Waals surface area (Å²) in [5.74, 6) is 5.72. The van der Waals surface area contributed by atoms with Gasteiger partial charge in [0.25, 0.3) is 0 Å². The molecule has 2 nitrogen and oxygen atoms in total. The van der Waals surface area contributed by atoms with Crippen LogP contribution in [0.1, 0.15) is 28.3 Å². The Morgan fingerprint density at radius 1 is 1.05 bits per heavy atom. The number of nitrogens with one attached hydrogen (secondary N) is 1. The third-order valence-corrected chi connectivity index (χ3v) is 3.98. The molecule has 0 saturated carbocycles. The van der Waals surface area contributed by atoms with Crippen LogP contribution in [0.3, 0.4) is 0 Å². The number of hydrogen-bond donors (Lipinski definition) is 2. The first-order valence-electron chi connectivity index (χ1n) is 6.48. The van der Waals surface area contributed by atoms with Crippen molar-refractivity contribution in [1.82, 2.24) is 5.43 Å². The number of hydrazine groups is 1. The van der Waals surface area contributed by atoms with Crippen molar-refractivity contribution in [3.05, 3.63) is 68.7 Å². The van der Waals surface area contributed by atoms with Crippen molar-refractivity contribution in [2.24, 2.45) is 5.84 Å². The Morgan fingerprint density at radius 3 is 2.10 bits per heavy atom. The maximum absolute atomic E-state index is 6.06. The lowest BCUT2D eigenvalue weighted by Gasteiger charge is -2.19. The van der Waals surface area contributed by atoms with E-state index in [-0.39, 0.29) is 6.04 Å². The zero-order chi connectivity index (χ0) is 14.7. The van der Waals surface area contributed by atoms with Gasteiger partial charge in [-0.2, -0.15) is 0 Å². The first-order valence-corrected chi connectivity index (χ1v) is 7.24. The lowest BCUT2D eigenvalue weighted by molar-refractivity contribution is 0.550. The SMILES string of the molecule is Cc1cccc(C)c1CC(NN)c1cc(Cl)cc(Cl)c1. The van der Waals surface area contributed by atoms with Crippen LogP contribution in [-0.2, 0) is 6.42 Å². The average Bonchev–Trinajstić information content (AvgIpc) is 2.37. The van der Waals surface area contributed by atoms with Gasteiger partial charge in [0.1, 0.15) is 0 Å². The summed E-state index contributed by atoms with van der Waals surface area (Å²) in [5, 5.41) is 1.24. The van der Waals surface area contributed by atoms with Crippen molar-refractivity contribution in [3.8, 4) is 0 Å². The molecule has 0 aliphatic heterocycles. The van der Waals surface area contributed by atoms with Crippen LogP contribution in [0.15, 0.2) is 36.4 Å². The fourth-order valence-electron chi connectivity index (χ4n) is 2.42. The minimum Gasteiger partial charge on any atom is -0.271 e. The fraction of sp³-hybridized carbons (Fsp3) is 0.250. The number of halogens is 2. The molecule has 0 saturated heterocycles. The predicted octanol–water partition coefficient (Wildman–Crippen LogP) is 4.36. The van der Waals surface area contributed by atoms with Gasteiger partial charge in [0.2, 0.25) is 0 Å². The molecular formula is C16H18Cl2N2. The summed E-state index contributed by atoms with van der Waals surface area (Å²) in [6.07, 6.45) is 0.797. The van der Waals surface area contributed by atoms with E-state index in [4.69, 9.17) is 29.0 Å². The highest BCUT2D eigenvalue weighted by molar-refractivity contribution is 6.34. The highest BCUT2D eigenvalue weighted by atomic mass is 35.5. The third-order valence-electron chi connectivity index (χ3n) is 3.54. The van der Waals surface area contributed by atoms with Gasteiger partial charge >= 0.3 is 0 Å². The van der Waals surface area contributed by atoms with Crippen LogP contribution in [0.2, 0.25) is 10.0 Å². The van der Waals surface area contributed by atoms with E-state index in [9.17, 15) is 0 Å². The lowest BCUT2D eigenvalue weighted by Crippen LogP contribution is -2.30. The van der Waals surface area contributed by atoms with Gasteiger partial charge in [-0.1, -0.05) is 41.4 Å². The summed E-state index contributed by atoms with van der Waals surface area (Å²) >= 11 is 12.1. The first kappa shape index (κ1) is 15.3. The largest absolute Gasteiger partial charge is 0.271 e. The average molecular weight is 309 g/mol. The topological polar surface area (TPSA) is 38.0 Å². The van der Waals surface area contributed by atoms with E-state index in [2.05, 4.69) is 37.5 Å². The molecule has 3 N–H and O–H groups in total. The van der Waals surface area contributed by atoms with Crippen molar-refractivity contribution in [2.45, 2.75) is 26.3 Å². The molecule has 1 unspecified atom stereocenters. The summed E-state index contributed by atoms with van der Waals surface area (Å²) < 4.78 is 0. The van der Waals surface area contributed by atoms with Gasteiger partial charge < -0.3 is 0 Å². The second-order valence-electron chi connectivity index (χ2n) is 5.00. The summed E-state index contributed by atoms with van der Waals surface area (Å²) in [6, 6.07) is 11.8. The lowest BCUT2D eigenvalue weighted by atomic mass is 9.93. The number of hydrogen-bond acceptors (Lipinski definition) is 2. The van der Waals surface area contributed by atoms with E-state index in [0.29, 0.717) is 10.0 Å². The number of benzene rings is 2. The first-order chi connectivity index (χ1) is 9.51. The zero-order valence-electron chi connectivity index (χ0n) is 11.6. The molecule has 0 spiro atoms. The Balaban J connectivity index is 2.33. The van der Waals surface area contributed by atoms with Gasteiger partial charge in [-0.15, -0.1) is 0 Å². The van der Waals surface area contributed by atoms with Crippen molar-refractivity contribution < 1.29 is 0 Å². The molecule has 0 bridgehead atoms. The highest BCUT2D eigenvalue weighted by Gasteiger charge is 2.14. The molecule has 106 valence electrons. The van der Waals surface area contributed by atoms with Crippen LogP contribution in [0.5, 0.6) is 0 Å². The highest BCUT2D eigenvalue weighted by Crippen LogP contribution is 2.27. The van der Waals surface area contributed by atoms with E-state index in [1.54, 1.807) is 6.07 Å². The molecule has 2 aromatic carbocycles. The fourth-order valence-corrected chi connectivity index (χ4v) is 2.97. The maximum atomic E-state index is 6.06. The Kier molecular flexibility index (Phi) is 5.06. The molecule has 0 radical (unpaired) electrons. The molecule has 0 aromatic heterocycles. The monoisotopic (exact) mass is 308 g/mol. The van der Waals surface area contributed by atoms with Crippen molar-refractivity contribution in [3.63, 3.8) is 0 Å². The third kappa shape index (κ3) is 3.53. The molecular weight excluding hydrogens is 291 g/mol. The van der Waals surface area contributed by atoms with Gasteiger partial charge in [-0.05, 0) is 60.7 Å². The van der Waals surface area contributed by atoms with Crippen LogP contribution < -0.4 is 11.3 Å². The molecule has 2 aromatic rings. The summed E-state index contributed by atoms with van der Waals surface area (Å²) in [7, 11) is 0. The molecule has 1 atom stereocenters. The predicted molar refractivity (Wildman–Crippen MR) is 86.1 cm³/mol. The van der Waals surface area contributed by atoms with Crippen molar-refractivity contribution in [2.75, 3.05) is 0 Å². The minimum atomic E-state index is -0.0222. The van der Waals surface area contributed by atoms with Gasteiger partial charge in [0.05, 0.1) is 6.04 Å². The smallest absolute Gasteiger partial charge is 0.0501 e. The minimum absolute atomic E-state index is 0.0222. The Bertz CT molecular complexity index is 571. The van der Waals surface area contributed by atoms with Gasteiger partial charge in [0.15, 0.2) is 0 Å². The second-order valence-corrected chi connectivity index (χ2v) is 5.87. The molecule has 0 aliphatic carbocycles.